The maximum Gasteiger partial charge on any atom is 0.407 e. The summed E-state index contributed by atoms with van der Waals surface area (Å²) in [5.74, 6) is 0.431. The molecule has 196 valence electrons. The average Bonchev–Trinajstić information content (AvgIpc) is 2.84. The Bertz CT molecular complexity index is 970. The van der Waals surface area contributed by atoms with Crippen LogP contribution in [0.4, 0.5) is 9.18 Å². The highest BCUT2D eigenvalue weighted by Crippen LogP contribution is 2.34. The van der Waals surface area contributed by atoms with E-state index in [2.05, 4.69) is 34.5 Å². The minimum atomic E-state index is -0.523. The summed E-state index contributed by atoms with van der Waals surface area (Å²) < 4.78 is 25.6. The molecule has 0 aromatic heterocycles. The van der Waals surface area contributed by atoms with Crippen molar-refractivity contribution in [1.82, 2.24) is 10.2 Å². The van der Waals surface area contributed by atoms with Gasteiger partial charge in [-0.25, -0.2) is 9.18 Å². The predicted molar refractivity (Wildman–Crippen MR) is 140 cm³/mol. The molecule has 0 unspecified atom stereocenters. The molecule has 0 bridgehead atoms. The van der Waals surface area contributed by atoms with Crippen LogP contribution in [0, 0.1) is 11.7 Å². The van der Waals surface area contributed by atoms with Crippen molar-refractivity contribution in [3.63, 3.8) is 0 Å². The lowest BCUT2D eigenvalue weighted by Crippen LogP contribution is -2.53. The van der Waals surface area contributed by atoms with Crippen molar-refractivity contribution in [1.29, 1.82) is 0 Å². The Morgan fingerprint density at radius 1 is 1.03 bits per heavy atom. The van der Waals surface area contributed by atoms with Crippen LogP contribution < -0.4 is 5.32 Å². The molecule has 5 nitrogen and oxygen atoms in total. The number of benzene rings is 2. The van der Waals surface area contributed by atoms with Crippen LogP contribution in [0.5, 0.6) is 0 Å². The van der Waals surface area contributed by atoms with Crippen molar-refractivity contribution in [3.05, 3.63) is 71.5 Å². The first-order valence-electron chi connectivity index (χ1n) is 13.4. The third-order valence-corrected chi connectivity index (χ3v) is 7.31. The summed E-state index contributed by atoms with van der Waals surface area (Å²) in [5, 5.41) is 3.13. The highest BCUT2D eigenvalue weighted by Gasteiger charge is 2.33. The van der Waals surface area contributed by atoms with Crippen molar-refractivity contribution < 1.29 is 18.7 Å². The number of nitrogens with one attached hydrogen (secondary N) is 1. The molecule has 2 aliphatic rings. The fraction of sp³-hybridized carbons (Fsp3) is 0.567. The predicted octanol–water partition coefficient (Wildman–Crippen LogP) is 6.28. The van der Waals surface area contributed by atoms with Gasteiger partial charge in [-0.05, 0) is 82.1 Å². The molecule has 4 rings (SSSR count). The van der Waals surface area contributed by atoms with E-state index in [0.717, 1.165) is 57.3 Å². The Labute approximate surface area is 215 Å². The van der Waals surface area contributed by atoms with E-state index in [0.29, 0.717) is 12.5 Å². The van der Waals surface area contributed by atoms with Crippen molar-refractivity contribution in [2.75, 3.05) is 19.7 Å². The molecule has 1 heterocycles. The van der Waals surface area contributed by atoms with Crippen LogP contribution in [0.15, 0.2) is 54.6 Å². The highest BCUT2D eigenvalue weighted by molar-refractivity contribution is 5.68. The average molecular weight is 497 g/mol. The molecule has 1 saturated carbocycles. The largest absolute Gasteiger partial charge is 0.444 e. The smallest absolute Gasteiger partial charge is 0.407 e. The van der Waals surface area contributed by atoms with Gasteiger partial charge in [0.2, 0.25) is 0 Å². The number of likely N-dealkylation sites (tertiary alicyclic amines) is 1. The first kappa shape index (κ1) is 26.6. The zero-order chi connectivity index (χ0) is 25.5. The molecule has 2 aromatic rings. The summed E-state index contributed by atoms with van der Waals surface area (Å²) in [6, 6.07) is 17.5. The lowest BCUT2D eigenvalue weighted by Gasteiger charge is -2.40. The number of piperidine rings is 1. The maximum atomic E-state index is 13.6. The van der Waals surface area contributed by atoms with E-state index < -0.39 is 5.60 Å². The Morgan fingerprint density at radius 3 is 2.47 bits per heavy atom. The number of halogens is 1. The zero-order valence-corrected chi connectivity index (χ0v) is 21.9. The number of hydrogen-bond donors (Lipinski definition) is 1. The van der Waals surface area contributed by atoms with Gasteiger partial charge in [-0.1, -0.05) is 42.5 Å². The minimum absolute atomic E-state index is 0.0236. The zero-order valence-electron chi connectivity index (χ0n) is 21.9. The van der Waals surface area contributed by atoms with Gasteiger partial charge >= 0.3 is 6.09 Å². The van der Waals surface area contributed by atoms with Crippen LogP contribution in [0.3, 0.4) is 0 Å². The Balaban J connectivity index is 1.32. The van der Waals surface area contributed by atoms with Crippen LogP contribution >= 0.6 is 0 Å². The SMILES string of the molecule is CC(C)(C)OC(=O)N[C@H]1CCN(Cc2ccccc2)C[C@@H]1COC1CCC(c2cccc(F)c2)CC1. The van der Waals surface area contributed by atoms with Crippen LogP contribution in [0.25, 0.3) is 0 Å². The molecule has 2 aromatic carbocycles. The molecule has 6 heteroatoms. The van der Waals surface area contributed by atoms with Gasteiger partial charge in [-0.2, -0.15) is 0 Å². The molecule has 1 aliphatic heterocycles. The molecule has 1 aliphatic carbocycles. The van der Waals surface area contributed by atoms with Crippen LogP contribution in [-0.2, 0) is 16.0 Å². The standard InChI is InChI=1S/C30H41FN2O3/c1-30(2,3)36-29(34)32-28-16-17-33(19-22-8-5-4-6-9-22)20-25(28)21-35-27-14-12-23(13-15-27)24-10-7-11-26(31)18-24/h4-11,18,23,25,27-28H,12-17,19-21H2,1-3H3,(H,32,34)/t23?,25-,27?,28+/m1/s1. The number of carbonyl (C=O) groups excluding carboxylic acids is 1. The molecule has 2 atom stereocenters. The second-order valence-corrected chi connectivity index (χ2v) is 11.4. The van der Waals surface area contributed by atoms with Crippen LogP contribution in [0.2, 0.25) is 0 Å². The van der Waals surface area contributed by atoms with Gasteiger partial charge in [0.25, 0.3) is 0 Å². The van der Waals surface area contributed by atoms with Gasteiger partial charge in [0.1, 0.15) is 11.4 Å². The summed E-state index contributed by atoms with van der Waals surface area (Å²) in [5.41, 5.74) is 1.87. The monoisotopic (exact) mass is 496 g/mol. The Hall–Kier alpha value is -2.44. The van der Waals surface area contributed by atoms with E-state index in [-0.39, 0.29) is 30.0 Å². The lowest BCUT2D eigenvalue weighted by atomic mass is 9.82. The molecule has 0 radical (unpaired) electrons. The van der Waals surface area contributed by atoms with Crippen molar-refractivity contribution >= 4 is 6.09 Å². The van der Waals surface area contributed by atoms with Gasteiger partial charge in [0.05, 0.1) is 12.7 Å². The topological polar surface area (TPSA) is 50.8 Å². The van der Waals surface area contributed by atoms with E-state index in [1.54, 1.807) is 12.1 Å². The number of amides is 1. The molecule has 2 fully saturated rings. The fourth-order valence-corrected chi connectivity index (χ4v) is 5.49. The summed E-state index contributed by atoms with van der Waals surface area (Å²) >= 11 is 0. The third kappa shape index (κ3) is 8.04. The van der Waals surface area contributed by atoms with Gasteiger partial charge in [0, 0.05) is 31.6 Å². The van der Waals surface area contributed by atoms with Crippen LogP contribution in [-0.4, -0.2) is 48.4 Å². The van der Waals surface area contributed by atoms with Crippen molar-refractivity contribution in [2.24, 2.45) is 5.92 Å². The molecule has 36 heavy (non-hydrogen) atoms. The fourth-order valence-electron chi connectivity index (χ4n) is 5.49. The van der Waals surface area contributed by atoms with E-state index in [4.69, 9.17) is 9.47 Å². The molecule has 0 spiro atoms. The first-order valence-corrected chi connectivity index (χ1v) is 13.4. The number of alkyl carbamates (subject to hydrolysis) is 1. The molecule has 1 N–H and O–H groups in total. The summed E-state index contributed by atoms with van der Waals surface area (Å²) in [4.78, 5) is 15.0. The number of rotatable bonds is 7. The summed E-state index contributed by atoms with van der Waals surface area (Å²) in [7, 11) is 0. The van der Waals surface area contributed by atoms with E-state index in [1.807, 2.05) is 32.9 Å². The maximum absolute atomic E-state index is 13.6. The van der Waals surface area contributed by atoms with Gasteiger partial charge in [-0.15, -0.1) is 0 Å². The molecular weight excluding hydrogens is 455 g/mol. The molecule has 1 amide bonds. The normalized spacial score (nSPS) is 25.3. The van der Waals surface area contributed by atoms with E-state index in [9.17, 15) is 9.18 Å². The van der Waals surface area contributed by atoms with Crippen LogP contribution in [0.1, 0.15) is 69.9 Å². The quantitative estimate of drug-likeness (QED) is 0.490. The van der Waals surface area contributed by atoms with Crippen molar-refractivity contribution in [2.45, 2.75) is 83.1 Å². The number of ether oxygens (including phenoxy) is 2. The second-order valence-electron chi connectivity index (χ2n) is 11.4. The third-order valence-electron chi connectivity index (χ3n) is 7.31. The second kappa shape index (κ2) is 12.2. The van der Waals surface area contributed by atoms with E-state index in [1.165, 1.54) is 11.6 Å². The molecule has 1 saturated heterocycles. The Kier molecular flexibility index (Phi) is 9.02. The molecular formula is C30H41FN2O3. The highest BCUT2D eigenvalue weighted by atomic mass is 19.1. The lowest BCUT2D eigenvalue weighted by molar-refractivity contribution is -0.0220. The number of carbonyl (C=O) groups is 1. The summed E-state index contributed by atoms with van der Waals surface area (Å²) in [6.07, 6.45) is 4.70. The van der Waals surface area contributed by atoms with Gasteiger partial charge in [-0.3, -0.25) is 4.90 Å². The van der Waals surface area contributed by atoms with Gasteiger partial charge < -0.3 is 14.8 Å². The van der Waals surface area contributed by atoms with Gasteiger partial charge in [0.15, 0.2) is 0 Å². The Morgan fingerprint density at radius 2 is 1.78 bits per heavy atom. The van der Waals surface area contributed by atoms with E-state index >= 15 is 0 Å². The minimum Gasteiger partial charge on any atom is -0.444 e. The number of nitrogens with zero attached hydrogens (tertiary/aromatic N) is 1. The summed E-state index contributed by atoms with van der Waals surface area (Å²) in [6.45, 7) is 8.95. The number of hydrogen-bond acceptors (Lipinski definition) is 4. The first-order chi connectivity index (χ1) is 17.2. The van der Waals surface area contributed by atoms with Crippen molar-refractivity contribution in [3.8, 4) is 0 Å².